The number of para-hydroxylation sites is 1. The fraction of sp³-hybridized carbons (Fsp3) is 0.125. The lowest BCUT2D eigenvalue weighted by Gasteiger charge is -2.17. The zero-order valence-corrected chi connectivity index (χ0v) is 12.9. The number of nitrogens with two attached hydrogens (primary N) is 1. The molecular weight excluding hydrogens is 307 g/mol. The number of hydrogen-bond acceptors (Lipinski definition) is 3. The summed E-state index contributed by atoms with van der Waals surface area (Å²) < 4.78 is 5.88. The van der Waals surface area contributed by atoms with Crippen LogP contribution in [-0.2, 0) is 0 Å². The summed E-state index contributed by atoms with van der Waals surface area (Å²) in [7, 11) is 0. The zero-order chi connectivity index (χ0) is 15.0. The van der Waals surface area contributed by atoms with E-state index in [4.69, 9.17) is 33.5 Å². The molecule has 21 heavy (non-hydrogen) atoms. The molecular formula is C16H14Cl2N2O. The third-order valence-electron chi connectivity index (χ3n) is 3.59. The van der Waals surface area contributed by atoms with Gasteiger partial charge in [0.25, 0.3) is 0 Å². The second kappa shape index (κ2) is 5.70. The van der Waals surface area contributed by atoms with Gasteiger partial charge in [-0.25, -0.2) is 5.43 Å². The number of hydrogen-bond donors (Lipinski definition) is 2. The van der Waals surface area contributed by atoms with E-state index in [2.05, 4.69) is 5.43 Å². The van der Waals surface area contributed by atoms with Crippen molar-refractivity contribution in [2.45, 2.75) is 13.0 Å². The van der Waals surface area contributed by atoms with E-state index < -0.39 is 0 Å². The molecule has 3 nitrogen and oxygen atoms in total. The van der Waals surface area contributed by atoms with Gasteiger partial charge in [0.15, 0.2) is 5.58 Å². The Morgan fingerprint density at radius 1 is 1.10 bits per heavy atom. The Kier molecular flexibility index (Phi) is 3.91. The fourth-order valence-electron chi connectivity index (χ4n) is 2.45. The number of fused-ring (bicyclic) bond motifs is 1. The lowest BCUT2D eigenvalue weighted by atomic mass is 9.99. The van der Waals surface area contributed by atoms with Crippen molar-refractivity contribution in [1.29, 1.82) is 0 Å². The summed E-state index contributed by atoms with van der Waals surface area (Å²) in [4.78, 5) is 0. The number of hydrazine groups is 1. The van der Waals surface area contributed by atoms with Crippen molar-refractivity contribution in [2.75, 3.05) is 0 Å². The van der Waals surface area contributed by atoms with Crippen LogP contribution >= 0.6 is 23.2 Å². The van der Waals surface area contributed by atoms with Crippen molar-refractivity contribution >= 4 is 34.2 Å². The number of halogens is 2. The van der Waals surface area contributed by atoms with Gasteiger partial charge in [-0.1, -0.05) is 47.5 Å². The molecule has 0 saturated heterocycles. The van der Waals surface area contributed by atoms with Gasteiger partial charge in [-0.15, -0.1) is 0 Å². The molecule has 1 atom stereocenters. The van der Waals surface area contributed by atoms with E-state index in [0.29, 0.717) is 21.4 Å². The van der Waals surface area contributed by atoms with Crippen LogP contribution in [0.15, 0.2) is 46.9 Å². The van der Waals surface area contributed by atoms with E-state index in [1.165, 1.54) is 0 Å². The second-order valence-corrected chi connectivity index (χ2v) is 5.68. The van der Waals surface area contributed by atoms with Crippen LogP contribution < -0.4 is 11.3 Å². The maximum absolute atomic E-state index is 6.19. The number of furan rings is 1. The van der Waals surface area contributed by atoms with Gasteiger partial charge in [0.1, 0.15) is 11.8 Å². The van der Waals surface area contributed by atoms with Crippen LogP contribution in [-0.4, -0.2) is 0 Å². The van der Waals surface area contributed by atoms with Crippen molar-refractivity contribution in [3.05, 3.63) is 69.4 Å². The molecule has 0 aliphatic carbocycles. The highest BCUT2D eigenvalue weighted by Gasteiger charge is 2.20. The second-order valence-electron chi connectivity index (χ2n) is 4.86. The van der Waals surface area contributed by atoms with Gasteiger partial charge in [-0.05, 0) is 36.2 Å². The standard InChI is InChI=1S/C16H14Cl2N2O/c1-9-11(5-3-6-12(9)17)15(20-19)14-8-10-4-2-7-13(18)16(10)21-14/h2-8,15,20H,19H2,1H3. The molecule has 1 unspecified atom stereocenters. The van der Waals surface area contributed by atoms with Gasteiger partial charge >= 0.3 is 0 Å². The van der Waals surface area contributed by atoms with E-state index in [-0.39, 0.29) is 6.04 Å². The summed E-state index contributed by atoms with van der Waals surface area (Å²) in [6, 6.07) is 13.0. The Morgan fingerprint density at radius 3 is 2.52 bits per heavy atom. The molecule has 0 fully saturated rings. The van der Waals surface area contributed by atoms with Crippen molar-refractivity contribution in [3.8, 4) is 0 Å². The Hall–Kier alpha value is -1.52. The minimum atomic E-state index is -0.285. The minimum absolute atomic E-state index is 0.285. The normalized spacial score (nSPS) is 12.8. The molecule has 0 saturated carbocycles. The molecule has 0 aliphatic heterocycles. The highest BCUT2D eigenvalue weighted by atomic mass is 35.5. The first-order valence-electron chi connectivity index (χ1n) is 6.51. The Bertz CT molecular complexity index is 798. The fourth-order valence-corrected chi connectivity index (χ4v) is 2.85. The topological polar surface area (TPSA) is 51.2 Å². The number of nitrogens with one attached hydrogen (secondary N) is 1. The molecule has 0 bridgehead atoms. The van der Waals surface area contributed by atoms with E-state index in [1.54, 1.807) is 6.07 Å². The SMILES string of the molecule is Cc1c(Cl)cccc1C(NN)c1cc2cccc(Cl)c2o1. The predicted molar refractivity (Wildman–Crippen MR) is 86.6 cm³/mol. The molecule has 0 radical (unpaired) electrons. The van der Waals surface area contributed by atoms with Crippen LogP contribution in [0, 0.1) is 6.92 Å². The summed E-state index contributed by atoms with van der Waals surface area (Å²) >= 11 is 12.3. The summed E-state index contributed by atoms with van der Waals surface area (Å²) in [6.45, 7) is 1.96. The van der Waals surface area contributed by atoms with Crippen LogP contribution in [0.1, 0.15) is 22.9 Å². The molecule has 3 N–H and O–H groups in total. The van der Waals surface area contributed by atoms with Gasteiger partial charge in [0.05, 0.1) is 5.02 Å². The monoisotopic (exact) mass is 320 g/mol. The maximum atomic E-state index is 6.19. The predicted octanol–water partition coefficient (Wildman–Crippen LogP) is 4.60. The molecule has 0 spiro atoms. The van der Waals surface area contributed by atoms with E-state index >= 15 is 0 Å². The molecule has 0 amide bonds. The van der Waals surface area contributed by atoms with Crippen molar-refractivity contribution in [2.24, 2.45) is 5.84 Å². The first-order valence-corrected chi connectivity index (χ1v) is 7.26. The van der Waals surface area contributed by atoms with E-state index in [1.807, 2.05) is 43.3 Å². The van der Waals surface area contributed by atoms with Gasteiger partial charge in [-0.2, -0.15) is 0 Å². The summed E-state index contributed by atoms with van der Waals surface area (Å²) in [5.41, 5.74) is 5.39. The van der Waals surface area contributed by atoms with E-state index in [9.17, 15) is 0 Å². The third kappa shape index (κ3) is 2.54. The number of benzene rings is 2. The molecule has 5 heteroatoms. The first kappa shape index (κ1) is 14.4. The molecule has 3 aromatic rings. The van der Waals surface area contributed by atoms with Crippen molar-refractivity contribution in [3.63, 3.8) is 0 Å². The number of rotatable bonds is 3. The van der Waals surface area contributed by atoms with Crippen LogP contribution in [0.25, 0.3) is 11.0 Å². The Balaban J connectivity index is 2.14. The van der Waals surface area contributed by atoms with Gasteiger partial charge in [0.2, 0.25) is 0 Å². The Morgan fingerprint density at radius 2 is 1.81 bits per heavy atom. The Labute approximate surface area is 132 Å². The van der Waals surface area contributed by atoms with Gasteiger partial charge in [0, 0.05) is 10.4 Å². The molecule has 1 aromatic heterocycles. The highest BCUT2D eigenvalue weighted by molar-refractivity contribution is 6.34. The molecule has 1 heterocycles. The minimum Gasteiger partial charge on any atom is -0.457 e. The maximum Gasteiger partial charge on any atom is 0.152 e. The summed E-state index contributed by atoms with van der Waals surface area (Å²) in [5.74, 6) is 6.43. The van der Waals surface area contributed by atoms with Crippen LogP contribution in [0.5, 0.6) is 0 Å². The van der Waals surface area contributed by atoms with Crippen LogP contribution in [0.4, 0.5) is 0 Å². The van der Waals surface area contributed by atoms with Gasteiger partial charge in [-0.3, -0.25) is 5.84 Å². The highest BCUT2D eigenvalue weighted by Crippen LogP contribution is 2.33. The first-order chi connectivity index (χ1) is 10.1. The molecule has 0 aliphatic rings. The van der Waals surface area contributed by atoms with Crippen molar-refractivity contribution in [1.82, 2.24) is 5.43 Å². The van der Waals surface area contributed by atoms with Crippen LogP contribution in [0.3, 0.4) is 0 Å². The van der Waals surface area contributed by atoms with Crippen molar-refractivity contribution < 1.29 is 4.42 Å². The molecule has 3 rings (SSSR count). The summed E-state index contributed by atoms with van der Waals surface area (Å²) in [5, 5.41) is 2.22. The summed E-state index contributed by atoms with van der Waals surface area (Å²) in [6.07, 6.45) is 0. The lowest BCUT2D eigenvalue weighted by molar-refractivity contribution is 0.476. The quantitative estimate of drug-likeness (QED) is 0.547. The molecule has 2 aromatic carbocycles. The smallest absolute Gasteiger partial charge is 0.152 e. The zero-order valence-electron chi connectivity index (χ0n) is 11.4. The largest absolute Gasteiger partial charge is 0.457 e. The lowest BCUT2D eigenvalue weighted by Crippen LogP contribution is -2.29. The average molecular weight is 321 g/mol. The van der Waals surface area contributed by atoms with Gasteiger partial charge < -0.3 is 4.42 Å². The molecule has 108 valence electrons. The van der Waals surface area contributed by atoms with Crippen LogP contribution in [0.2, 0.25) is 10.0 Å². The third-order valence-corrected chi connectivity index (χ3v) is 4.29. The average Bonchev–Trinajstić information content (AvgIpc) is 2.89. The van der Waals surface area contributed by atoms with E-state index in [0.717, 1.165) is 16.5 Å².